The van der Waals surface area contributed by atoms with Gasteiger partial charge in [-0.15, -0.1) is 0 Å². The second-order valence-electron chi connectivity index (χ2n) is 4.74. The molecule has 0 spiro atoms. The third-order valence-corrected chi connectivity index (χ3v) is 5.70. The summed E-state index contributed by atoms with van der Waals surface area (Å²) in [5.41, 5.74) is 0. The Labute approximate surface area is 92.1 Å². The van der Waals surface area contributed by atoms with E-state index in [9.17, 15) is 8.42 Å². The average molecular weight is 232 g/mol. The summed E-state index contributed by atoms with van der Waals surface area (Å²) in [5.74, 6) is 0.644. The number of nitrogens with one attached hydrogen (secondary N) is 1. The quantitative estimate of drug-likeness (QED) is 0.764. The summed E-state index contributed by atoms with van der Waals surface area (Å²) in [5, 5.41) is 3.21. The molecule has 0 aromatic heterocycles. The normalized spacial score (nSPS) is 28.3. The van der Waals surface area contributed by atoms with E-state index >= 15 is 0 Å². The fourth-order valence-electron chi connectivity index (χ4n) is 2.25. The lowest BCUT2D eigenvalue weighted by Crippen LogP contribution is -2.43. The van der Waals surface area contributed by atoms with Crippen molar-refractivity contribution >= 4 is 10.0 Å². The highest BCUT2D eigenvalue weighted by molar-refractivity contribution is 7.89. The molecule has 0 amide bonds. The van der Waals surface area contributed by atoms with Crippen molar-refractivity contribution in [1.29, 1.82) is 0 Å². The van der Waals surface area contributed by atoms with Crippen LogP contribution < -0.4 is 5.32 Å². The SMILES string of the molecule is CN(C1CCC1)S(=O)(=O)CC1CCNC1. The summed E-state index contributed by atoms with van der Waals surface area (Å²) in [6, 6.07) is 0.282. The van der Waals surface area contributed by atoms with Gasteiger partial charge in [0.05, 0.1) is 5.75 Å². The van der Waals surface area contributed by atoms with Gasteiger partial charge in [-0.2, -0.15) is 0 Å². The van der Waals surface area contributed by atoms with E-state index in [-0.39, 0.29) is 6.04 Å². The Morgan fingerprint density at radius 2 is 2.07 bits per heavy atom. The Morgan fingerprint density at radius 3 is 2.53 bits per heavy atom. The lowest BCUT2D eigenvalue weighted by atomic mass is 9.94. The molecule has 1 N–H and O–H groups in total. The number of hydrogen-bond donors (Lipinski definition) is 1. The zero-order valence-electron chi connectivity index (χ0n) is 9.28. The molecule has 2 rings (SSSR count). The van der Waals surface area contributed by atoms with E-state index in [1.165, 1.54) is 6.42 Å². The molecule has 4 nitrogen and oxygen atoms in total. The van der Waals surface area contributed by atoms with Crippen molar-refractivity contribution in [2.24, 2.45) is 5.92 Å². The molecule has 1 atom stereocenters. The predicted octanol–water partition coefficient (Wildman–Crippen LogP) is 0.410. The van der Waals surface area contributed by atoms with Gasteiger partial charge in [0.15, 0.2) is 0 Å². The first-order valence-corrected chi connectivity index (χ1v) is 7.37. The zero-order valence-corrected chi connectivity index (χ0v) is 10.1. The monoisotopic (exact) mass is 232 g/mol. The zero-order chi connectivity index (χ0) is 10.9. The molecule has 1 saturated carbocycles. The van der Waals surface area contributed by atoms with Gasteiger partial charge in [-0.05, 0) is 38.3 Å². The Morgan fingerprint density at radius 1 is 1.33 bits per heavy atom. The Kier molecular flexibility index (Phi) is 3.33. The minimum absolute atomic E-state index is 0.282. The third kappa shape index (κ3) is 2.52. The molecule has 1 unspecified atom stereocenters. The minimum Gasteiger partial charge on any atom is -0.316 e. The van der Waals surface area contributed by atoms with E-state index in [2.05, 4.69) is 5.32 Å². The fraction of sp³-hybridized carbons (Fsp3) is 1.00. The van der Waals surface area contributed by atoms with E-state index in [0.29, 0.717) is 11.7 Å². The second-order valence-corrected chi connectivity index (χ2v) is 6.81. The van der Waals surface area contributed by atoms with Crippen molar-refractivity contribution in [1.82, 2.24) is 9.62 Å². The largest absolute Gasteiger partial charge is 0.316 e. The fourth-order valence-corrected chi connectivity index (χ4v) is 4.03. The summed E-state index contributed by atoms with van der Waals surface area (Å²) in [4.78, 5) is 0. The minimum atomic E-state index is -3.01. The molecular formula is C10H20N2O2S. The number of rotatable bonds is 4. The van der Waals surface area contributed by atoms with E-state index in [1.807, 2.05) is 0 Å². The van der Waals surface area contributed by atoms with Crippen LogP contribution in [0.25, 0.3) is 0 Å². The smallest absolute Gasteiger partial charge is 0.214 e. The van der Waals surface area contributed by atoms with Crippen molar-refractivity contribution in [2.45, 2.75) is 31.7 Å². The van der Waals surface area contributed by atoms with Crippen LogP contribution in [0.5, 0.6) is 0 Å². The van der Waals surface area contributed by atoms with Gasteiger partial charge in [-0.25, -0.2) is 12.7 Å². The lowest BCUT2D eigenvalue weighted by molar-refractivity contribution is 0.248. The Hall–Kier alpha value is -0.130. The molecule has 5 heteroatoms. The summed E-state index contributed by atoms with van der Waals surface area (Å²) < 4.78 is 25.6. The molecule has 2 aliphatic rings. The molecular weight excluding hydrogens is 212 g/mol. The number of hydrogen-bond acceptors (Lipinski definition) is 3. The van der Waals surface area contributed by atoms with Crippen molar-refractivity contribution in [3.8, 4) is 0 Å². The van der Waals surface area contributed by atoms with E-state index in [0.717, 1.165) is 32.4 Å². The standard InChI is InChI=1S/C10H20N2O2S/c1-12(10-3-2-4-10)15(13,14)8-9-5-6-11-7-9/h9-11H,2-8H2,1H3. The van der Waals surface area contributed by atoms with Crippen molar-refractivity contribution < 1.29 is 8.42 Å². The highest BCUT2D eigenvalue weighted by Crippen LogP contribution is 2.26. The first-order chi connectivity index (χ1) is 7.09. The molecule has 2 fully saturated rings. The summed E-state index contributed by atoms with van der Waals surface area (Å²) in [6.45, 7) is 1.82. The predicted molar refractivity (Wildman–Crippen MR) is 60.2 cm³/mol. The first kappa shape index (κ1) is 11.4. The van der Waals surface area contributed by atoms with E-state index in [1.54, 1.807) is 11.4 Å². The third-order valence-electron chi connectivity index (χ3n) is 3.64. The van der Waals surface area contributed by atoms with Crippen LogP contribution in [0.4, 0.5) is 0 Å². The highest BCUT2D eigenvalue weighted by atomic mass is 32.2. The molecule has 15 heavy (non-hydrogen) atoms. The molecule has 1 aliphatic heterocycles. The van der Waals surface area contributed by atoms with Crippen LogP contribution in [0.2, 0.25) is 0 Å². The average Bonchev–Trinajstić information content (AvgIpc) is 2.52. The van der Waals surface area contributed by atoms with Crippen LogP contribution in [-0.4, -0.2) is 44.7 Å². The van der Waals surface area contributed by atoms with Gasteiger partial charge < -0.3 is 5.32 Å². The highest BCUT2D eigenvalue weighted by Gasteiger charge is 2.32. The van der Waals surface area contributed by atoms with E-state index < -0.39 is 10.0 Å². The maximum absolute atomic E-state index is 12.0. The maximum atomic E-state index is 12.0. The molecule has 0 aromatic carbocycles. The van der Waals surface area contributed by atoms with Gasteiger partial charge in [0.2, 0.25) is 10.0 Å². The van der Waals surface area contributed by atoms with E-state index in [4.69, 9.17) is 0 Å². The summed E-state index contributed by atoms with van der Waals surface area (Å²) >= 11 is 0. The van der Waals surface area contributed by atoms with Gasteiger partial charge in [0.25, 0.3) is 0 Å². The Bertz CT molecular complexity index is 305. The van der Waals surface area contributed by atoms with Crippen LogP contribution in [0.3, 0.4) is 0 Å². The van der Waals surface area contributed by atoms with Crippen LogP contribution in [-0.2, 0) is 10.0 Å². The van der Waals surface area contributed by atoms with Gasteiger partial charge in [-0.3, -0.25) is 0 Å². The van der Waals surface area contributed by atoms with Gasteiger partial charge in [0.1, 0.15) is 0 Å². The second kappa shape index (κ2) is 4.39. The van der Waals surface area contributed by atoms with Gasteiger partial charge >= 0.3 is 0 Å². The topological polar surface area (TPSA) is 49.4 Å². The molecule has 1 aliphatic carbocycles. The number of nitrogens with zero attached hydrogens (tertiary/aromatic N) is 1. The van der Waals surface area contributed by atoms with Gasteiger partial charge in [0, 0.05) is 13.1 Å². The molecule has 1 heterocycles. The number of sulfonamides is 1. The molecule has 1 saturated heterocycles. The van der Waals surface area contributed by atoms with Crippen LogP contribution in [0, 0.1) is 5.92 Å². The first-order valence-electron chi connectivity index (χ1n) is 5.76. The molecule has 0 aromatic rings. The molecule has 0 bridgehead atoms. The summed E-state index contributed by atoms with van der Waals surface area (Å²) in [6.07, 6.45) is 4.25. The maximum Gasteiger partial charge on any atom is 0.214 e. The van der Waals surface area contributed by atoms with Crippen LogP contribution in [0.1, 0.15) is 25.7 Å². The van der Waals surface area contributed by atoms with Crippen LogP contribution in [0.15, 0.2) is 0 Å². The van der Waals surface area contributed by atoms with Gasteiger partial charge in [-0.1, -0.05) is 6.42 Å². The Balaban J connectivity index is 1.92. The summed E-state index contributed by atoms with van der Waals surface area (Å²) in [7, 11) is -1.27. The van der Waals surface area contributed by atoms with Crippen molar-refractivity contribution in [3.05, 3.63) is 0 Å². The molecule has 0 radical (unpaired) electrons. The van der Waals surface area contributed by atoms with Crippen LogP contribution >= 0.6 is 0 Å². The van der Waals surface area contributed by atoms with Crippen molar-refractivity contribution in [3.63, 3.8) is 0 Å². The lowest BCUT2D eigenvalue weighted by Gasteiger charge is -2.34. The molecule has 88 valence electrons. The van der Waals surface area contributed by atoms with Crippen molar-refractivity contribution in [2.75, 3.05) is 25.9 Å².